The molecule has 0 heterocycles. The molecule has 2 aromatic rings. The quantitative estimate of drug-likeness (QED) is 0.417. The summed E-state index contributed by atoms with van der Waals surface area (Å²) < 4.78 is 16.5. The Bertz CT molecular complexity index is 462. The fourth-order valence-corrected chi connectivity index (χ4v) is 2.39. The van der Waals surface area contributed by atoms with Crippen LogP contribution in [0.25, 0.3) is 0 Å². The maximum Gasteiger partial charge on any atom is 2.00 e. The zero-order valence-electron chi connectivity index (χ0n) is 14.6. The molecule has 24 heavy (non-hydrogen) atoms. The average Bonchev–Trinajstić information content (AvgIpc) is 3.29. The van der Waals surface area contributed by atoms with Crippen molar-refractivity contribution in [3.05, 3.63) is 72.0 Å². The number of aryl methyl sites for hydroxylation is 1. The summed E-state index contributed by atoms with van der Waals surface area (Å²) in [4.78, 5) is 0. The van der Waals surface area contributed by atoms with Gasteiger partial charge in [-0.15, -0.1) is 0 Å². The van der Waals surface area contributed by atoms with E-state index < -0.39 is 0 Å². The Balaban J connectivity index is 0.000000327. The Morgan fingerprint density at radius 3 is 2.12 bits per heavy atom. The first-order chi connectivity index (χ1) is 11.2. The molecule has 0 aliphatic heterocycles. The topological polar surface area (TPSA) is 9.23 Å². The monoisotopic (exact) mass is 372 g/mol. The van der Waals surface area contributed by atoms with Crippen LogP contribution in [0.3, 0.4) is 0 Å². The Kier molecular flexibility index (Phi) is 15.2. The molecule has 1 aliphatic rings. The molecule has 1 fully saturated rings. The summed E-state index contributed by atoms with van der Waals surface area (Å²) in [6.45, 7) is 5.10. The van der Waals surface area contributed by atoms with Crippen molar-refractivity contribution in [2.24, 2.45) is 11.8 Å². The smallest absolute Gasteiger partial charge is 0.624 e. The largest absolute Gasteiger partial charge is 2.00 e. The van der Waals surface area contributed by atoms with E-state index in [9.17, 15) is 4.39 Å². The molecule has 1 saturated carbocycles. The molecule has 2 unspecified atom stereocenters. The Labute approximate surface area is 181 Å². The zero-order chi connectivity index (χ0) is 16.9. The predicted octanol–water partition coefficient (Wildman–Crippen LogP) is 5.14. The van der Waals surface area contributed by atoms with Crippen molar-refractivity contribution >= 4 is 50.6 Å². The minimum absolute atomic E-state index is 0. The minimum atomic E-state index is -0.178. The summed E-state index contributed by atoms with van der Waals surface area (Å²) in [7, 11) is 0. The summed E-state index contributed by atoms with van der Waals surface area (Å²) in [6, 6.07) is 18.8. The van der Waals surface area contributed by atoms with Crippen molar-refractivity contribution in [2.75, 3.05) is 6.61 Å². The molecule has 1 nitrogen and oxygen atoms in total. The first-order valence-electron chi connectivity index (χ1n) is 8.05. The van der Waals surface area contributed by atoms with E-state index in [4.69, 9.17) is 0 Å². The summed E-state index contributed by atoms with van der Waals surface area (Å²) in [5.74, 6) is 1.57. The first kappa shape index (κ1) is 23.9. The van der Waals surface area contributed by atoms with E-state index >= 15 is 0 Å². The summed E-state index contributed by atoms with van der Waals surface area (Å²) in [5, 5.41) is 0. The Hall–Kier alpha value is -0.0603. The van der Waals surface area contributed by atoms with Gasteiger partial charge in [0.25, 0.3) is 0 Å². The molecule has 0 saturated heterocycles. The zero-order valence-corrected chi connectivity index (χ0v) is 17.6. The molecule has 0 bridgehead atoms. The molecule has 4 heteroatoms. The second-order valence-electron chi connectivity index (χ2n) is 5.70. The van der Waals surface area contributed by atoms with E-state index in [0.717, 1.165) is 18.4 Å². The van der Waals surface area contributed by atoms with Gasteiger partial charge in [-0.3, -0.25) is 0 Å². The number of rotatable bonds is 4. The average molecular weight is 373 g/mol. The third kappa shape index (κ3) is 12.3. The van der Waals surface area contributed by atoms with Gasteiger partial charge in [0.15, 0.2) is 0 Å². The van der Waals surface area contributed by atoms with Gasteiger partial charge < -0.3 is 17.1 Å². The van der Waals surface area contributed by atoms with Crippen LogP contribution in [0.1, 0.15) is 31.7 Å². The third-order valence-electron chi connectivity index (χ3n) is 3.63. The molecule has 2 atom stereocenters. The van der Waals surface area contributed by atoms with Crippen LogP contribution in [0.2, 0.25) is 0 Å². The minimum Gasteiger partial charge on any atom is -0.624 e. The van der Waals surface area contributed by atoms with E-state index in [2.05, 4.69) is 37.0 Å². The molecular formula is C20H25CaFOS. The van der Waals surface area contributed by atoms with Crippen molar-refractivity contribution in [1.82, 2.24) is 0 Å². The molecule has 1 aliphatic carbocycles. The van der Waals surface area contributed by atoms with Gasteiger partial charge in [0.2, 0.25) is 0 Å². The molecule has 0 radical (unpaired) electrons. The molecule has 126 valence electrons. The molecular weight excluding hydrogens is 347 g/mol. The van der Waals surface area contributed by atoms with E-state index in [-0.39, 0.29) is 43.6 Å². The number of halogens is 1. The number of benzene rings is 2. The SMILES string of the molecule is CCCC1CC1CO[S-].Cc1cc[c-]cc1.Fc1ccccc1.[Ca+2]. The second-order valence-corrected chi connectivity index (χ2v) is 5.94. The molecule has 0 spiro atoms. The van der Waals surface area contributed by atoms with Crippen molar-refractivity contribution < 1.29 is 8.57 Å². The van der Waals surface area contributed by atoms with Gasteiger partial charge >= 0.3 is 37.7 Å². The number of hydrogen-bond donors (Lipinski definition) is 0. The summed E-state index contributed by atoms with van der Waals surface area (Å²) in [6.07, 6.45) is 4.02. The van der Waals surface area contributed by atoms with E-state index in [1.165, 1.54) is 37.0 Å². The predicted molar refractivity (Wildman–Crippen MR) is 102 cm³/mol. The van der Waals surface area contributed by atoms with Crippen LogP contribution in [-0.4, -0.2) is 44.3 Å². The third-order valence-corrected chi connectivity index (χ3v) is 3.76. The molecule has 0 aromatic heterocycles. The van der Waals surface area contributed by atoms with E-state index in [1.807, 2.05) is 24.3 Å². The van der Waals surface area contributed by atoms with Crippen molar-refractivity contribution in [2.45, 2.75) is 33.1 Å². The van der Waals surface area contributed by atoms with Crippen molar-refractivity contribution in [3.8, 4) is 0 Å². The molecule has 3 rings (SSSR count). The van der Waals surface area contributed by atoms with Crippen LogP contribution in [0.5, 0.6) is 0 Å². The molecule has 0 N–H and O–H groups in total. The molecule has 2 aromatic carbocycles. The van der Waals surface area contributed by atoms with Crippen LogP contribution in [0.15, 0.2) is 54.6 Å². The number of hydrogen-bond acceptors (Lipinski definition) is 2. The van der Waals surface area contributed by atoms with E-state index in [1.54, 1.807) is 18.2 Å². The maximum absolute atomic E-state index is 11.9. The fourth-order valence-electron chi connectivity index (χ4n) is 2.21. The second kappa shape index (κ2) is 15.2. The van der Waals surface area contributed by atoms with Gasteiger partial charge in [-0.25, -0.2) is 4.39 Å². The molecule has 0 amide bonds. The van der Waals surface area contributed by atoms with Crippen LogP contribution >= 0.6 is 0 Å². The Morgan fingerprint density at radius 1 is 1.12 bits per heavy atom. The van der Waals surface area contributed by atoms with Gasteiger partial charge in [0.1, 0.15) is 5.82 Å². The summed E-state index contributed by atoms with van der Waals surface area (Å²) in [5.41, 5.74) is 1.29. The van der Waals surface area contributed by atoms with Crippen LogP contribution in [0, 0.1) is 30.6 Å². The van der Waals surface area contributed by atoms with Crippen LogP contribution < -0.4 is 0 Å². The first-order valence-corrected chi connectivity index (χ1v) is 8.38. The Morgan fingerprint density at radius 2 is 1.75 bits per heavy atom. The van der Waals surface area contributed by atoms with Gasteiger partial charge in [0, 0.05) is 6.61 Å². The summed E-state index contributed by atoms with van der Waals surface area (Å²) >= 11 is 4.41. The van der Waals surface area contributed by atoms with Gasteiger partial charge in [-0.2, -0.15) is 35.9 Å². The van der Waals surface area contributed by atoms with E-state index in [0.29, 0.717) is 0 Å². The van der Waals surface area contributed by atoms with Crippen molar-refractivity contribution in [3.63, 3.8) is 0 Å². The van der Waals surface area contributed by atoms with Gasteiger partial charge in [-0.05, 0) is 30.4 Å². The van der Waals surface area contributed by atoms with Gasteiger partial charge in [0.05, 0.1) is 0 Å². The normalized spacial score (nSPS) is 17.3. The fraction of sp³-hybridized carbons (Fsp3) is 0.400. The standard InChI is InChI=1S/C7H14OS.C7H7.C6H5F.Ca/c1-2-3-6-4-7(6)5-8-9;1-7-5-3-2-4-6-7;7-6-4-2-1-3-5-6;/h6-7,9H,2-5H2,1H3;3-6H,1H3;1-5H;/q;-1;;+2/p-1. The van der Waals surface area contributed by atoms with Gasteiger partial charge in [-0.1, -0.05) is 44.9 Å². The van der Waals surface area contributed by atoms with Crippen LogP contribution in [0.4, 0.5) is 4.39 Å². The maximum atomic E-state index is 11.9. The van der Waals surface area contributed by atoms with Crippen molar-refractivity contribution in [1.29, 1.82) is 0 Å². The van der Waals surface area contributed by atoms with Crippen LogP contribution in [-0.2, 0) is 17.1 Å².